The summed E-state index contributed by atoms with van der Waals surface area (Å²) in [5.41, 5.74) is 18.7. The average molecular weight is 841 g/mol. The molecule has 0 aliphatic heterocycles. The van der Waals surface area contributed by atoms with E-state index in [9.17, 15) is 0 Å². The predicted molar refractivity (Wildman–Crippen MR) is 245 cm³/mol. The second-order valence-electron chi connectivity index (χ2n) is 16.9. The minimum atomic E-state index is 0.207. The number of hydrogen-bond donors (Lipinski definition) is 4. The minimum Gasteiger partial charge on any atom is -0.339 e. The van der Waals surface area contributed by atoms with Gasteiger partial charge >= 0.3 is 0 Å². The number of aromatic nitrogens is 12. The molecule has 4 N–H and O–H groups in total. The Morgan fingerprint density at radius 1 is 0.625 bits per heavy atom. The van der Waals surface area contributed by atoms with Gasteiger partial charge in [0.15, 0.2) is 11.3 Å². The highest BCUT2D eigenvalue weighted by Gasteiger charge is 2.28. The standard InChI is InChI=1S/C50H44N14/c1-29-6-3-10-41(57-29)49-47(34-18-19-63-46(22-34)54-28-55-63)59-44(62-49)25-52-40-16-14-31-12-13-33(21-39(31)40)37-9-5-8-32-20-36(23-38(32)37)51-24-43-60-48(35-15-17-45-53-27-56-64(45)26-35)50(61-43)42-11-4-7-30(2)58-42/h3-13,15,17-19,21-22,26-28,36,40,51-52H,14,16,20,23-25H2,1-2H3,(H,59,62)(H,60,61). The lowest BCUT2D eigenvalue weighted by Crippen LogP contribution is -2.29. The second-order valence-corrected chi connectivity index (χ2v) is 16.9. The monoisotopic (exact) mass is 840 g/mol. The van der Waals surface area contributed by atoms with E-state index >= 15 is 0 Å². The van der Waals surface area contributed by atoms with Crippen molar-refractivity contribution in [3.8, 4) is 56.4 Å². The first kappa shape index (κ1) is 38.0. The van der Waals surface area contributed by atoms with Gasteiger partial charge < -0.3 is 20.6 Å². The van der Waals surface area contributed by atoms with Crippen LogP contribution in [-0.4, -0.2) is 65.1 Å². The molecule has 12 rings (SSSR count). The molecular weight excluding hydrogens is 797 g/mol. The number of fused-ring (bicyclic) bond motifs is 4. The van der Waals surface area contributed by atoms with Crippen molar-refractivity contribution in [3.63, 3.8) is 0 Å². The summed E-state index contributed by atoms with van der Waals surface area (Å²) in [6.07, 6.45) is 11.0. The largest absolute Gasteiger partial charge is 0.339 e. The molecule has 2 unspecified atom stereocenters. The van der Waals surface area contributed by atoms with Gasteiger partial charge in [0.1, 0.15) is 24.3 Å². The lowest BCUT2D eigenvalue weighted by atomic mass is 9.94. The van der Waals surface area contributed by atoms with Crippen LogP contribution < -0.4 is 10.6 Å². The summed E-state index contributed by atoms with van der Waals surface area (Å²) in [7, 11) is 0. The van der Waals surface area contributed by atoms with Crippen molar-refractivity contribution in [2.45, 2.75) is 64.7 Å². The lowest BCUT2D eigenvalue weighted by molar-refractivity contribution is 0.521. The molecule has 2 aliphatic rings. The summed E-state index contributed by atoms with van der Waals surface area (Å²) in [4.78, 5) is 36.0. The Morgan fingerprint density at radius 2 is 1.33 bits per heavy atom. The SMILES string of the molecule is Cc1cccc(-c2[nH]c(CNC3Cc4cccc(-c5ccc6c(c5)C(NCc5nc(-c7ccn8ncnc8c7)c(-c7cccc(C)n7)[nH]5)CC6)c4C3)nc2-c2ccc3ncnn3c2)n1. The van der Waals surface area contributed by atoms with Crippen LogP contribution in [0.4, 0.5) is 0 Å². The zero-order valence-corrected chi connectivity index (χ0v) is 35.4. The molecule has 64 heavy (non-hydrogen) atoms. The number of aryl methyl sites for hydroxylation is 3. The Kier molecular flexibility index (Phi) is 9.26. The number of nitrogens with zero attached hydrogens (tertiary/aromatic N) is 10. The fourth-order valence-electron chi connectivity index (χ4n) is 9.59. The van der Waals surface area contributed by atoms with E-state index in [1.807, 2.05) is 86.9 Å². The molecule has 314 valence electrons. The normalized spacial score (nSPS) is 15.7. The third kappa shape index (κ3) is 7.02. The quantitative estimate of drug-likeness (QED) is 0.100. The van der Waals surface area contributed by atoms with Crippen LogP contribution in [0.25, 0.3) is 67.7 Å². The van der Waals surface area contributed by atoms with Gasteiger partial charge in [0.05, 0.1) is 47.3 Å². The van der Waals surface area contributed by atoms with Crippen LogP contribution in [0.5, 0.6) is 0 Å². The van der Waals surface area contributed by atoms with Crippen molar-refractivity contribution in [2.75, 3.05) is 0 Å². The maximum absolute atomic E-state index is 5.15. The third-order valence-electron chi connectivity index (χ3n) is 12.7. The molecule has 14 nitrogen and oxygen atoms in total. The number of imidazole rings is 2. The number of aromatic amines is 2. The molecule has 0 amide bonds. The van der Waals surface area contributed by atoms with Gasteiger partial charge in [-0.15, -0.1) is 0 Å². The Bertz CT molecular complexity index is 3370. The van der Waals surface area contributed by atoms with Gasteiger partial charge in [0, 0.05) is 47.0 Å². The molecule has 10 aromatic rings. The van der Waals surface area contributed by atoms with Crippen molar-refractivity contribution in [1.29, 1.82) is 0 Å². The molecule has 8 aromatic heterocycles. The topological polar surface area (TPSA) is 168 Å². The van der Waals surface area contributed by atoms with Crippen LogP contribution in [0, 0.1) is 13.8 Å². The molecule has 0 fully saturated rings. The first-order valence-electron chi connectivity index (χ1n) is 21.8. The van der Waals surface area contributed by atoms with E-state index in [2.05, 4.69) is 77.2 Å². The van der Waals surface area contributed by atoms with E-state index in [0.29, 0.717) is 13.1 Å². The Hall–Kier alpha value is -7.68. The van der Waals surface area contributed by atoms with Crippen molar-refractivity contribution >= 4 is 11.3 Å². The van der Waals surface area contributed by atoms with Crippen LogP contribution >= 0.6 is 0 Å². The zero-order valence-electron chi connectivity index (χ0n) is 35.4. The maximum atomic E-state index is 5.15. The number of rotatable bonds is 11. The van der Waals surface area contributed by atoms with E-state index in [1.54, 1.807) is 21.7 Å². The maximum Gasteiger partial charge on any atom is 0.155 e. The smallest absolute Gasteiger partial charge is 0.155 e. The molecule has 0 saturated carbocycles. The highest BCUT2D eigenvalue weighted by molar-refractivity contribution is 5.79. The summed E-state index contributed by atoms with van der Waals surface area (Å²) in [6.45, 7) is 5.21. The molecule has 0 bridgehead atoms. The van der Waals surface area contributed by atoms with Crippen LogP contribution in [0.1, 0.15) is 57.8 Å². The van der Waals surface area contributed by atoms with Crippen LogP contribution in [0.3, 0.4) is 0 Å². The van der Waals surface area contributed by atoms with Crippen LogP contribution in [-0.2, 0) is 32.4 Å². The molecule has 2 aromatic carbocycles. The summed E-state index contributed by atoms with van der Waals surface area (Å²) in [5, 5.41) is 16.4. The highest BCUT2D eigenvalue weighted by Crippen LogP contribution is 2.39. The molecule has 2 aliphatic carbocycles. The zero-order chi connectivity index (χ0) is 42.7. The van der Waals surface area contributed by atoms with Crippen molar-refractivity contribution in [2.24, 2.45) is 0 Å². The highest BCUT2D eigenvalue weighted by atomic mass is 15.3. The fourth-order valence-corrected chi connectivity index (χ4v) is 9.59. The summed E-state index contributed by atoms with van der Waals surface area (Å²) in [6, 6.07) is 34.5. The van der Waals surface area contributed by atoms with Gasteiger partial charge in [0.2, 0.25) is 0 Å². The fraction of sp³-hybridized carbons (Fsp3) is 0.200. The average Bonchev–Trinajstić information content (AvgIpc) is 4.18. The summed E-state index contributed by atoms with van der Waals surface area (Å²) >= 11 is 0. The van der Waals surface area contributed by atoms with E-state index < -0.39 is 0 Å². The van der Waals surface area contributed by atoms with E-state index in [0.717, 1.165) is 105 Å². The number of hydrogen-bond acceptors (Lipinski definition) is 10. The van der Waals surface area contributed by atoms with Gasteiger partial charge in [-0.05, 0) is 128 Å². The van der Waals surface area contributed by atoms with Crippen LogP contribution in [0.2, 0.25) is 0 Å². The van der Waals surface area contributed by atoms with Crippen molar-refractivity contribution in [3.05, 3.63) is 167 Å². The number of benzene rings is 2. The number of pyridine rings is 4. The van der Waals surface area contributed by atoms with Gasteiger partial charge in [-0.1, -0.05) is 42.5 Å². The lowest BCUT2D eigenvalue weighted by Gasteiger charge is -2.16. The second kappa shape index (κ2) is 15.6. The molecule has 0 spiro atoms. The third-order valence-corrected chi connectivity index (χ3v) is 12.7. The predicted octanol–water partition coefficient (Wildman–Crippen LogP) is 7.99. The van der Waals surface area contributed by atoms with Gasteiger partial charge in [0.25, 0.3) is 0 Å². The van der Waals surface area contributed by atoms with Gasteiger partial charge in [-0.3, -0.25) is 9.97 Å². The first-order chi connectivity index (χ1) is 31.5. The number of nitrogens with one attached hydrogen (secondary N) is 4. The summed E-state index contributed by atoms with van der Waals surface area (Å²) in [5.74, 6) is 1.73. The van der Waals surface area contributed by atoms with E-state index in [-0.39, 0.29) is 12.1 Å². The Balaban J connectivity index is 0.769. The molecule has 2 atom stereocenters. The first-order valence-corrected chi connectivity index (χ1v) is 21.8. The number of H-pyrrole nitrogens is 2. The summed E-state index contributed by atoms with van der Waals surface area (Å²) < 4.78 is 3.54. The molecule has 8 heterocycles. The molecular formula is C50H44N14. The van der Waals surface area contributed by atoms with Crippen molar-refractivity contribution in [1.82, 2.24) is 69.7 Å². The van der Waals surface area contributed by atoms with Gasteiger partial charge in [-0.25, -0.2) is 29.0 Å². The molecule has 0 radical (unpaired) electrons. The molecule has 0 saturated heterocycles. The Morgan fingerprint density at radius 3 is 2.11 bits per heavy atom. The van der Waals surface area contributed by atoms with Crippen molar-refractivity contribution < 1.29 is 0 Å². The van der Waals surface area contributed by atoms with Gasteiger partial charge in [-0.2, -0.15) is 10.2 Å². The minimum absolute atomic E-state index is 0.207. The van der Waals surface area contributed by atoms with Crippen LogP contribution in [0.15, 0.2) is 122 Å². The van der Waals surface area contributed by atoms with E-state index in [1.165, 1.54) is 33.4 Å². The molecule has 14 heteroatoms. The Labute approximate surface area is 368 Å². The van der Waals surface area contributed by atoms with E-state index in [4.69, 9.17) is 19.9 Å².